The maximum Gasteiger partial charge on any atom is 0.0991 e. The average molecular weight is 351 g/mol. The second-order valence-corrected chi connectivity index (χ2v) is 8.41. The van der Waals surface area contributed by atoms with Crippen molar-refractivity contribution in [2.75, 3.05) is 27.2 Å². The van der Waals surface area contributed by atoms with Crippen molar-refractivity contribution in [1.29, 1.82) is 0 Å². The van der Waals surface area contributed by atoms with Crippen molar-refractivity contribution in [1.82, 2.24) is 20.4 Å². The van der Waals surface area contributed by atoms with E-state index in [1.165, 1.54) is 0 Å². The standard InChI is InChI=1S/C19H38N6/c1-14(20)22-16(3)24(9)12-18(5,6)11-19(7,8)13-25(10)17(4)23-15(2)21/h22-23H,1-4,11-13,20-21H2,5-10H3. The van der Waals surface area contributed by atoms with Crippen molar-refractivity contribution >= 4 is 0 Å². The van der Waals surface area contributed by atoms with Gasteiger partial charge in [0.1, 0.15) is 0 Å². The molecule has 0 aliphatic heterocycles. The molecule has 0 unspecified atom stereocenters. The molecule has 0 aliphatic rings. The van der Waals surface area contributed by atoms with Gasteiger partial charge in [-0.3, -0.25) is 0 Å². The van der Waals surface area contributed by atoms with E-state index in [0.29, 0.717) is 11.6 Å². The van der Waals surface area contributed by atoms with Gasteiger partial charge in [-0.1, -0.05) is 54.0 Å². The lowest BCUT2D eigenvalue weighted by Crippen LogP contribution is -2.41. The van der Waals surface area contributed by atoms with E-state index in [1.54, 1.807) is 0 Å². The predicted octanol–water partition coefficient (Wildman–Crippen LogP) is 2.27. The fraction of sp³-hybridized carbons (Fsp3) is 0.579. The molecule has 0 rings (SSSR count). The van der Waals surface area contributed by atoms with Crippen LogP contribution in [0, 0.1) is 10.8 Å². The van der Waals surface area contributed by atoms with E-state index >= 15 is 0 Å². The summed E-state index contributed by atoms with van der Waals surface area (Å²) < 4.78 is 0. The quantitative estimate of drug-likeness (QED) is 0.432. The summed E-state index contributed by atoms with van der Waals surface area (Å²) in [7, 11) is 4.00. The molecule has 0 bridgehead atoms. The molecule has 6 nitrogen and oxygen atoms in total. The SMILES string of the molecule is C=C(N)NC(=C)N(C)CC(C)(C)CC(C)(C)CN(C)C(=C)NC(=C)N. The normalized spacial score (nSPS) is 11.4. The molecular weight excluding hydrogens is 312 g/mol. The van der Waals surface area contributed by atoms with Gasteiger partial charge in [0, 0.05) is 27.2 Å². The second kappa shape index (κ2) is 8.74. The highest BCUT2D eigenvalue weighted by molar-refractivity contribution is 5.02. The summed E-state index contributed by atoms with van der Waals surface area (Å²) in [5.41, 5.74) is 11.3. The van der Waals surface area contributed by atoms with Gasteiger partial charge >= 0.3 is 0 Å². The van der Waals surface area contributed by atoms with E-state index in [2.05, 4.69) is 74.4 Å². The highest BCUT2D eigenvalue weighted by atomic mass is 15.2. The molecule has 144 valence electrons. The van der Waals surface area contributed by atoms with Crippen LogP contribution in [0.2, 0.25) is 0 Å². The molecule has 0 saturated heterocycles. The Hall–Kier alpha value is -2.24. The lowest BCUT2D eigenvalue weighted by atomic mass is 9.74. The molecule has 6 heteroatoms. The molecule has 0 aliphatic carbocycles. The van der Waals surface area contributed by atoms with Crippen molar-refractivity contribution in [2.24, 2.45) is 22.3 Å². The Morgan fingerprint density at radius 1 is 0.760 bits per heavy atom. The van der Waals surface area contributed by atoms with Gasteiger partial charge in [0.25, 0.3) is 0 Å². The first-order valence-electron chi connectivity index (χ1n) is 8.38. The number of nitrogens with one attached hydrogen (secondary N) is 2. The van der Waals surface area contributed by atoms with Gasteiger partial charge in [0.15, 0.2) is 0 Å². The fourth-order valence-corrected chi connectivity index (χ4v) is 3.44. The van der Waals surface area contributed by atoms with Gasteiger partial charge in [-0.05, 0) is 17.3 Å². The summed E-state index contributed by atoms with van der Waals surface area (Å²) >= 11 is 0. The number of hydrogen-bond acceptors (Lipinski definition) is 6. The van der Waals surface area contributed by atoms with E-state index in [9.17, 15) is 0 Å². The van der Waals surface area contributed by atoms with Crippen LogP contribution in [0.3, 0.4) is 0 Å². The van der Waals surface area contributed by atoms with Crippen LogP contribution in [0.5, 0.6) is 0 Å². The third-order valence-electron chi connectivity index (χ3n) is 3.82. The van der Waals surface area contributed by atoms with E-state index < -0.39 is 0 Å². The molecule has 6 N–H and O–H groups in total. The van der Waals surface area contributed by atoms with Crippen LogP contribution in [0.25, 0.3) is 0 Å². The summed E-state index contributed by atoms with van der Waals surface area (Å²) in [6, 6.07) is 0. The minimum Gasteiger partial charge on any atom is -0.386 e. The molecule has 0 aromatic heterocycles. The number of rotatable bonds is 12. The number of nitrogens with zero attached hydrogens (tertiary/aromatic N) is 2. The first-order chi connectivity index (χ1) is 11.1. The maximum absolute atomic E-state index is 5.59. The van der Waals surface area contributed by atoms with Crippen LogP contribution >= 0.6 is 0 Å². The Labute approximate surface area is 154 Å². The zero-order valence-electron chi connectivity index (χ0n) is 17.0. The van der Waals surface area contributed by atoms with Gasteiger partial charge in [-0.15, -0.1) is 0 Å². The highest BCUT2D eigenvalue weighted by Crippen LogP contribution is 2.35. The molecule has 0 atom stereocenters. The highest BCUT2D eigenvalue weighted by Gasteiger charge is 2.31. The zero-order valence-corrected chi connectivity index (χ0v) is 17.0. The molecule has 0 amide bonds. The topological polar surface area (TPSA) is 82.6 Å². The molecular formula is C19H38N6. The Bertz CT molecular complexity index is 472. The molecule has 0 aromatic rings. The van der Waals surface area contributed by atoms with Crippen LogP contribution < -0.4 is 22.1 Å². The summed E-state index contributed by atoms with van der Waals surface area (Å²) in [5, 5.41) is 5.92. The number of hydrogen-bond donors (Lipinski definition) is 4. The van der Waals surface area contributed by atoms with Gasteiger partial charge in [0.05, 0.1) is 23.3 Å². The molecule has 0 fully saturated rings. The van der Waals surface area contributed by atoms with E-state index in [4.69, 9.17) is 11.5 Å². The van der Waals surface area contributed by atoms with Gasteiger partial charge in [-0.25, -0.2) is 0 Å². The Kier molecular flexibility index (Phi) is 7.96. The molecule has 0 radical (unpaired) electrons. The van der Waals surface area contributed by atoms with Gasteiger partial charge < -0.3 is 31.9 Å². The van der Waals surface area contributed by atoms with E-state index in [0.717, 1.165) is 31.2 Å². The Balaban J connectivity index is 4.78. The van der Waals surface area contributed by atoms with Crippen LogP contribution in [0.4, 0.5) is 0 Å². The third-order valence-corrected chi connectivity index (χ3v) is 3.82. The zero-order chi connectivity index (χ0) is 20.0. The first kappa shape index (κ1) is 22.8. The largest absolute Gasteiger partial charge is 0.386 e. The van der Waals surface area contributed by atoms with Gasteiger partial charge in [0.2, 0.25) is 0 Å². The van der Waals surface area contributed by atoms with Crippen molar-refractivity contribution in [2.45, 2.75) is 34.1 Å². The molecule has 0 spiro atoms. The minimum absolute atomic E-state index is 0.0753. The first-order valence-corrected chi connectivity index (χ1v) is 8.38. The van der Waals surface area contributed by atoms with Crippen molar-refractivity contribution in [3.05, 3.63) is 49.6 Å². The summed E-state index contributed by atoms with van der Waals surface area (Å²) in [6.07, 6.45) is 1.02. The smallest absolute Gasteiger partial charge is 0.0991 e. The number of nitrogens with two attached hydrogens (primary N) is 2. The predicted molar refractivity (Wildman–Crippen MR) is 109 cm³/mol. The lowest BCUT2D eigenvalue weighted by Gasteiger charge is -2.40. The van der Waals surface area contributed by atoms with E-state index in [1.807, 2.05) is 14.1 Å². The third kappa shape index (κ3) is 9.59. The monoisotopic (exact) mass is 350 g/mol. The molecule has 0 aromatic carbocycles. The summed E-state index contributed by atoms with van der Waals surface area (Å²) in [6.45, 7) is 26.0. The summed E-state index contributed by atoms with van der Waals surface area (Å²) in [4.78, 5) is 4.13. The van der Waals surface area contributed by atoms with Crippen molar-refractivity contribution < 1.29 is 0 Å². The molecule has 0 heterocycles. The lowest BCUT2D eigenvalue weighted by molar-refractivity contribution is 0.124. The second-order valence-electron chi connectivity index (χ2n) is 8.41. The maximum atomic E-state index is 5.59. The summed E-state index contributed by atoms with van der Waals surface area (Å²) in [5.74, 6) is 2.28. The van der Waals surface area contributed by atoms with Gasteiger partial charge in [-0.2, -0.15) is 0 Å². The van der Waals surface area contributed by atoms with E-state index in [-0.39, 0.29) is 10.8 Å². The minimum atomic E-state index is 0.0753. The van der Waals surface area contributed by atoms with Crippen LogP contribution in [0.1, 0.15) is 34.1 Å². The molecule has 25 heavy (non-hydrogen) atoms. The fourth-order valence-electron chi connectivity index (χ4n) is 3.44. The Morgan fingerprint density at radius 3 is 1.28 bits per heavy atom. The van der Waals surface area contributed by atoms with Crippen LogP contribution in [0.15, 0.2) is 49.6 Å². The van der Waals surface area contributed by atoms with Crippen molar-refractivity contribution in [3.8, 4) is 0 Å². The molecule has 0 saturated carbocycles. The van der Waals surface area contributed by atoms with Crippen molar-refractivity contribution in [3.63, 3.8) is 0 Å². The van der Waals surface area contributed by atoms with Crippen LogP contribution in [-0.4, -0.2) is 37.0 Å². The average Bonchev–Trinajstić information content (AvgIpc) is 2.33. The van der Waals surface area contributed by atoms with Crippen LogP contribution in [-0.2, 0) is 0 Å². The Morgan fingerprint density at radius 2 is 1.04 bits per heavy atom.